The van der Waals surface area contributed by atoms with Crippen LogP contribution in [0, 0.1) is 5.92 Å². The number of rotatable bonds is 10. The van der Waals surface area contributed by atoms with Crippen LogP contribution in [0.5, 0.6) is 0 Å². The average Bonchev–Trinajstić information content (AvgIpc) is 3.27. The Labute approximate surface area is 180 Å². The third kappa shape index (κ3) is 7.04. The van der Waals surface area contributed by atoms with Gasteiger partial charge < -0.3 is 15.0 Å². The molecule has 1 aromatic rings. The number of likely N-dealkylation sites (tertiary alicyclic amines) is 1. The van der Waals surface area contributed by atoms with Gasteiger partial charge in [-0.1, -0.05) is 6.92 Å². The SMILES string of the molecule is CC1CCN(CCCCNC(=O)c2ccc(S(=O)(=O)NCC3CCCO3)cc2)CC1. The highest BCUT2D eigenvalue weighted by Crippen LogP contribution is 2.16. The molecule has 0 bridgehead atoms. The molecule has 168 valence electrons. The molecule has 0 spiro atoms. The van der Waals surface area contributed by atoms with Crippen molar-refractivity contribution >= 4 is 15.9 Å². The van der Waals surface area contributed by atoms with Crippen LogP contribution in [-0.4, -0.2) is 64.7 Å². The van der Waals surface area contributed by atoms with Crippen molar-refractivity contribution in [1.82, 2.24) is 14.9 Å². The van der Waals surface area contributed by atoms with Gasteiger partial charge in [-0.05, 0) is 88.3 Å². The second kappa shape index (κ2) is 11.2. The molecule has 1 amide bonds. The van der Waals surface area contributed by atoms with Crippen LogP contribution in [-0.2, 0) is 14.8 Å². The number of hydrogen-bond acceptors (Lipinski definition) is 5. The van der Waals surface area contributed by atoms with Crippen molar-refractivity contribution in [1.29, 1.82) is 0 Å². The van der Waals surface area contributed by atoms with Crippen LogP contribution in [0.3, 0.4) is 0 Å². The molecule has 1 unspecified atom stereocenters. The lowest BCUT2D eigenvalue weighted by molar-refractivity contribution is 0.0952. The van der Waals surface area contributed by atoms with E-state index in [-0.39, 0.29) is 23.5 Å². The summed E-state index contributed by atoms with van der Waals surface area (Å²) < 4.78 is 32.8. The monoisotopic (exact) mass is 437 g/mol. The molecule has 1 aromatic carbocycles. The molecular formula is C22H35N3O4S. The summed E-state index contributed by atoms with van der Waals surface area (Å²) in [5.41, 5.74) is 0.470. The molecule has 8 heteroatoms. The summed E-state index contributed by atoms with van der Waals surface area (Å²) in [4.78, 5) is 15.0. The van der Waals surface area contributed by atoms with Gasteiger partial charge >= 0.3 is 0 Å². The summed E-state index contributed by atoms with van der Waals surface area (Å²) in [6.45, 7) is 7.38. The molecule has 0 aromatic heterocycles. The van der Waals surface area contributed by atoms with Gasteiger partial charge in [0.05, 0.1) is 11.0 Å². The Hall–Kier alpha value is -1.48. The highest BCUT2D eigenvalue weighted by Gasteiger charge is 2.20. The van der Waals surface area contributed by atoms with E-state index in [1.54, 1.807) is 12.1 Å². The molecule has 1 atom stereocenters. The van der Waals surface area contributed by atoms with E-state index in [0.717, 1.165) is 38.1 Å². The van der Waals surface area contributed by atoms with E-state index in [1.807, 2.05) is 0 Å². The Balaban J connectivity index is 1.36. The topological polar surface area (TPSA) is 87.7 Å². The third-order valence-electron chi connectivity index (χ3n) is 6.01. The Morgan fingerprint density at radius 1 is 1.13 bits per heavy atom. The van der Waals surface area contributed by atoms with E-state index in [9.17, 15) is 13.2 Å². The Bertz CT molecular complexity index is 768. The standard InChI is InChI=1S/C22H35N3O4S/c1-18-10-14-25(15-11-18)13-3-2-12-23-22(26)19-6-8-21(9-7-19)30(27,28)24-17-20-5-4-16-29-20/h6-9,18,20,24H,2-5,10-17H2,1H3,(H,23,26). The number of sulfonamides is 1. The number of unbranched alkanes of at least 4 members (excludes halogenated alkanes) is 1. The predicted molar refractivity (Wildman–Crippen MR) is 117 cm³/mol. The highest BCUT2D eigenvalue weighted by atomic mass is 32.2. The van der Waals surface area contributed by atoms with Gasteiger partial charge in [-0.15, -0.1) is 0 Å². The largest absolute Gasteiger partial charge is 0.377 e. The summed E-state index contributed by atoms with van der Waals surface area (Å²) in [6, 6.07) is 6.07. The summed E-state index contributed by atoms with van der Waals surface area (Å²) in [6.07, 6.45) is 6.37. The zero-order valence-electron chi connectivity index (χ0n) is 17.9. The van der Waals surface area contributed by atoms with E-state index in [0.29, 0.717) is 18.7 Å². The number of carbonyl (C=O) groups is 1. The quantitative estimate of drug-likeness (QED) is 0.549. The fourth-order valence-corrected chi connectivity index (χ4v) is 4.99. The molecule has 7 nitrogen and oxygen atoms in total. The van der Waals surface area contributed by atoms with E-state index in [2.05, 4.69) is 21.9 Å². The molecule has 3 rings (SSSR count). The van der Waals surface area contributed by atoms with Crippen molar-refractivity contribution in [2.24, 2.45) is 5.92 Å². The smallest absolute Gasteiger partial charge is 0.251 e. The fourth-order valence-electron chi connectivity index (χ4n) is 3.93. The van der Waals surface area contributed by atoms with Crippen molar-refractivity contribution in [2.75, 3.05) is 39.3 Å². The van der Waals surface area contributed by atoms with Gasteiger partial charge in [0.25, 0.3) is 5.91 Å². The molecular weight excluding hydrogens is 402 g/mol. The van der Waals surface area contributed by atoms with Gasteiger partial charge in [0.2, 0.25) is 10.0 Å². The molecule has 0 saturated carbocycles. The van der Waals surface area contributed by atoms with Crippen LogP contribution >= 0.6 is 0 Å². The average molecular weight is 438 g/mol. The van der Waals surface area contributed by atoms with Gasteiger partial charge in [0.1, 0.15) is 0 Å². The highest BCUT2D eigenvalue weighted by molar-refractivity contribution is 7.89. The molecule has 2 aliphatic heterocycles. The van der Waals surface area contributed by atoms with Crippen LogP contribution in [0.2, 0.25) is 0 Å². The van der Waals surface area contributed by atoms with Gasteiger partial charge in [0, 0.05) is 25.3 Å². The fraction of sp³-hybridized carbons (Fsp3) is 0.682. The van der Waals surface area contributed by atoms with Gasteiger partial charge in [-0.3, -0.25) is 4.79 Å². The number of amides is 1. The van der Waals surface area contributed by atoms with Crippen molar-refractivity contribution in [3.8, 4) is 0 Å². The van der Waals surface area contributed by atoms with E-state index >= 15 is 0 Å². The van der Waals surface area contributed by atoms with Crippen molar-refractivity contribution < 1.29 is 17.9 Å². The minimum Gasteiger partial charge on any atom is -0.377 e. The van der Waals surface area contributed by atoms with Gasteiger partial charge in [-0.25, -0.2) is 13.1 Å². The van der Waals surface area contributed by atoms with Gasteiger partial charge in [0.15, 0.2) is 0 Å². The molecule has 2 aliphatic rings. The van der Waals surface area contributed by atoms with Gasteiger partial charge in [-0.2, -0.15) is 0 Å². The number of nitrogens with one attached hydrogen (secondary N) is 2. The maximum Gasteiger partial charge on any atom is 0.251 e. The van der Waals surface area contributed by atoms with E-state index in [1.165, 1.54) is 38.1 Å². The minimum absolute atomic E-state index is 0.0525. The number of carbonyl (C=O) groups excluding carboxylic acids is 1. The van der Waals surface area contributed by atoms with Crippen molar-refractivity contribution in [3.05, 3.63) is 29.8 Å². The number of benzene rings is 1. The Morgan fingerprint density at radius 2 is 1.87 bits per heavy atom. The maximum absolute atomic E-state index is 12.4. The molecule has 0 aliphatic carbocycles. The van der Waals surface area contributed by atoms with Crippen LogP contribution in [0.25, 0.3) is 0 Å². The molecule has 2 heterocycles. The first-order valence-corrected chi connectivity index (χ1v) is 12.6. The second-order valence-corrected chi connectivity index (χ2v) is 10.3. The number of ether oxygens (including phenoxy) is 1. The molecule has 2 fully saturated rings. The number of hydrogen-bond donors (Lipinski definition) is 2. The number of nitrogens with zero attached hydrogens (tertiary/aromatic N) is 1. The summed E-state index contributed by atoms with van der Waals surface area (Å²) >= 11 is 0. The van der Waals surface area contributed by atoms with Crippen LogP contribution in [0.15, 0.2) is 29.2 Å². The molecule has 2 N–H and O–H groups in total. The van der Waals surface area contributed by atoms with Crippen LogP contribution in [0.1, 0.15) is 55.8 Å². The van der Waals surface area contributed by atoms with E-state index < -0.39 is 10.0 Å². The molecule has 2 saturated heterocycles. The summed E-state index contributed by atoms with van der Waals surface area (Å²) in [5, 5.41) is 2.93. The van der Waals surface area contributed by atoms with Crippen molar-refractivity contribution in [3.63, 3.8) is 0 Å². The first-order chi connectivity index (χ1) is 14.4. The normalized spacial score (nSPS) is 21.0. The zero-order chi connectivity index (χ0) is 21.4. The Kier molecular flexibility index (Phi) is 8.68. The maximum atomic E-state index is 12.4. The lowest BCUT2D eigenvalue weighted by atomic mass is 9.99. The first-order valence-electron chi connectivity index (χ1n) is 11.2. The van der Waals surface area contributed by atoms with Crippen LogP contribution < -0.4 is 10.0 Å². The summed E-state index contributed by atoms with van der Waals surface area (Å²) in [7, 11) is -3.60. The molecule has 30 heavy (non-hydrogen) atoms. The number of piperidine rings is 1. The lowest BCUT2D eigenvalue weighted by Crippen LogP contribution is -2.34. The summed E-state index contributed by atoms with van der Waals surface area (Å²) in [5.74, 6) is 0.678. The first kappa shape index (κ1) is 23.2. The minimum atomic E-state index is -3.60. The van der Waals surface area contributed by atoms with Crippen LogP contribution in [0.4, 0.5) is 0 Å². The van der Waals surface area contributed by atoms with Crippen molar-refractivity contribution in [2.45, 2.75) is 56.4 Å². The molecule has 0 radical (unpaired) electrons. The zero-order valence-corrected chi connectivity index (χ0v) is 18.8. The van der Waals surface area contributed by atoms with E-state index in [4.69, 9.17) is 4.74 Å². The third-order valence-corrected chi connectivity index (χ3v) is 7.45. The second-order valence-electron chi connectivity index (χ2n) is 8.50. The Morgan fingerprint density at radius 3 is 2.53 bits per heavy atom. The lowest BCUT2D eigenvalue weighted by Gasteiger charge is -2.30. The predicted octanol–water partition coefficient (Wildman–Crippen LogP) is 2.39.